The fourth-order valence-corrected chi connectivity index (χ4v) is 3.07. The summed E-state index contributed by atoms with van der Waals surface area (Å²) in [6.07, 6.45) is 1.52. The van der Waals surface area contributed by atoms with E-state index in [4.69, 9.17) is 0 Å². The van der Waals surface area contributed by atoms with Crippen LogP contribution in [0.4, 0.5) is 13.6 Å². The lowest BCUT2D eigenvalue weighted by Crippen LogP contribution is -2.49. The molecule has 8 heteroatoms. The van der Waals surface area contributed by atoms with Gasteiger partial charge >= 0.3 is 6.03 Å². The van der Waals surface area contributed by atoms with Crippen LogP contribution in [-0.2, 0) is 11.3 Å². The van der Waals surface area contributed by atoms with E-state index in [1.807, 2.05) is 0 Å². The van der Waals surface area contributed by atoms with Crippen LogP contribution in [0.25, 0.3) is 10.8 Å². The van der Waals surface area contributed by atoms with Crippen LogP contribution >= 0.6 is 0 Å². The lowest BCUT2D eigenvalue weighted by Gasteiger charge is -2.20. The minimum Gasteiger partial charge on any atom is -0.494 e. The first-order chi connectivity index (χ1) is 13.4. The van der Waals surface area contributed by atoms with Gasteiger partial charge in [0, 0.05) is 22.5 Å². The molecule has 0 unspecified atom stereocenters. The summed E-state index contributed by atoms with van der Waals surface area (Å²) in [5, 5.41) is 15.8. The molecule has 3 N–H and O–H groups in total. The Hall–Kier alpha value is -3.86. The number of aromatic hydroxyl groups is 1. The SMILES string of the molecule is O=C1NC(=O)[C@@](C#Cc2cccc(F)c2)(Cn2cc3ccc(F)cc3c2O)N1. The summed E-state index contributed by atoms with van der Waals surface area (Å²) in [6, 6.07) is 8.64. The third-order valence-electron chi connectivity index (χ3n) is 4.42. The van der Waals surface area contributed by atoms with E-state index in [1.54, 1.807) is 6.07 Å². The van der Waals surface area contributed by atoms with Gasteiger partial charge in [-0.2, -0.15) is 0 Å². The van der Waals surface area contributed by atoms with E-state index < -0.39 is 29.1 Å². The van der Waals surface area contributed by atoms with E-state index in [0.717, 1.165) is 0 Å². The van der Waals surface area contributed by atoms with Crippen LogP contribution in [0, 0.1) is 23.5 Å². The van der Waals surface area contributed by atoms with Crippen molar-refractivity contribution in [3.63, 3.8) is 0 Å². The van der Waals surface area contributed by atoms with Crippen molar-refractivity contribution in [1.29, 1.82) is 0 Å². The second-order valence-corrected chi connectivity index (χ2v) is 6.39. The highest BCUT2D eigenvalue weighted by molar-refractivity contribution is 6.09. The minimum absolute atomic E-state index is 0.227. The first-order valence-corrected chi connectivity index (χ1v) is 8.26. The van der Waals surface area contributed by atoms with Crippen LogP contribution in [0.1, 0.15) is 5.56 Å². The Balaban J connectivity index is 1.77. The number of nitrogens with zero attached hydrogens (tertiary/aromatic N) is 1. The molecule has 1 saturated heterocycles. The molecule has 0 radical (unpaired) electrons. The third kappa shape index (κ3) is 3.03. The maximum absolute atomic E-state index is 13.5. The van der Waals surface area contributed by atoms with Crippen molar-refractivity contribution in [3.8, 4) is 17.7 Å². The maximum atomic E-state index is 13.5. The summed E-state index contributed by atoms with van der Waals surface area (Å²) in [7, 11) is 0. The lowest BCUT2D eigenvalue weighted by molar-refractivity contribution is -0.122. The molecule has 0 bridgehead atoms. The molecule has 0 aliphatic carbocycles. The molecule has 4 rings (SSSR count). The highest BCUT2D eigenvalue weighted by Gasteiger charge is 2.46. The summed E-state index contributed by atoms with van der Waals surface area (Å²) in [4.78, 5) is 24.2. The second kappa shape index (κ2) is 6.39. The molecule has 0 saturated carbocycles. The topological polar surface area (TPSA) is 83.4 Å². The molecular weight excluding hydrogens is 368 g/mol. The van der Waals surface area contributed by atoms with Gasteiger partial charge in [-0.05, 0) is 36.4 Å². The van der Waals surface area contributed by atoms with Crippen molar-refractivity contribution >= 4 is 22.7 Å². The standard InChI is InChI=1S/C20H13F2N3O3/c21-14-3-1-2-12(8-14)6-7-20(18(27)23-19(28)24-20)11-25-10-13-4-5-15(22)9-16(13)17(25)26/h1-5,8-10,26H,11H2,(H2,23,24,27,28)/t20-/m1/s1. The van der Waals surface area contributed by atoms with Crippen LogP contribution in [0.3, 0.4) is 0 Å². The fraction of sp³-hybridized carbons (Fsp3) is 0.100. The van der Waals surface area contributed by atoms with E-state index >= 15 is 0 Å². The van der Waals surface area contributed by atoms with Crippen molar-refractivity contribution in [2.75, 3.05) is 0 Å². The van der Waals surface area contributed by atoms with Gasteiger partial charge in [-0.1, -0.05) is 17.9 Å². The highest BCUT2D eigenvalue weighted by atomic mass is 19.1. The van der Waals surface area contributed by atoms with E-state index in [0.29, 0.717) is 10.9 Å². The van der Waals surface area contributed by atoms with Crippen molar-refractivity contribution in [3.05, 3.63) is 65.9 Å². The molecular formula is C20H13F2N3O3. The van der Waals surface area contributed by atoms with Crippen molar-refractivity contribution < 1.29 is 23.5 Å². The number of aromatic nitrogens is 1. The number of hydrogen-bond donors (Lipinski definition) is 3. The Labute approximate surface area is 157 Å². The number of carbonyl (C=O) groups excluding carboxylic acids is 2. The molecule has 1 fully saturated rings. The molecule has 1 aliphatic rings. The Morgan fingerprint density at radius 2 is 1.89 bits per heavy atom. The van der Waals surface area contributed by atoms with E-state index in [1.165, 1.54) is 47.2 Å². The Bertz CT molecular complexity index is 1190. The number of benzene rings is 2. The fourth-order valence-electron chi connectivity index (χ4n) is 3.07. The molecule has 3 aromatic rings. The number of amides is 3. The van der Waals surface area contributed by atoms with E-state index in [9.17, 15) is 23.5 Å². The van der Waals surface area contributed by atoms with Crippen LogP contribution < -0.4 is 10.6 Å². The predicted octanol–water partition coefficient (Wildman–Crippen LogP) is 2.26. The summed E-state index contributed by atoms with van der Waals surface area (Å²) in [5.41, 5.74) is -1.37. The Morgan fingerprint density at radius 3 is 2.61 bits per heavy atom. The van der Waals surface area contributed by atoms with Gasteiger partial charge in [-0.15, -0.1) is 0 Å². The highest BCUT2D eigenvalue weighted by Crippen LogP contribution is 2.29. The van der Waals surface area contributed by atoms with Crippen LogP contribution in [0.5, 0.6) is 5.88 Å². The molecule has 3 amide bonds. The van der Waals surface area contributed by atoms with E-state index in [-0.39, 0.29) is 17.8 Å². The van der Waals surface area contributed by atoms with Gasteiger partial charge < -0.3 is 15.0 Å². The lowest BCUT2D eigenvalue weighted by atomic mass is 10.00. The molecule has 1 atom stereocenters. The minimum atomic E-state index is -1.69. The Kier molecular flexibility index (Phi) is 4.00. The number of nitrogens with one attached hydrogen (secondary N) is 2. The molecule has 6 nitrogen and oxygen atoms in total. The summed E-state index contributed by atoms with van der Waals surface area (Å²) < 4.78 is 28.1. The van der Waals surface area contributed by atoms with Gasteiger partial charge in [0.05, 0.1) is 6.54 Å². The van der Waals surface area contributed by atoms with Crippen molar-refractivity contribution in [2.24, 2.45) is 0 Å². The number of fused-ring (bicyclic) bond motifs is 1. The van der Waals surface area contributed by atoms with Gasteiger partial charge in [0.15, 0.2) is 5.88 Å². The number of halogens is 2. The zero-order valence-corrected chi connectivity index (χ0v) is 14.3. The zero-order valence-electron chi connectivity index (χ0n) is 14.3. The quantitative estimate of drug-likeness (QED) is 0.470. The van der Waals surface area contributed by atoms with Crippen molar-refractivity contribution in [1.82, 2.24) is 15.2 Å². The molecule has 140 valence electrons. The van der Waals surface area contributed by atoms with Crippen LogP contribution in [0.15, 0.2) is 48.7 Å². The summed E-state index contributed by atoms with van der Waals surface area (Å²) in [6.45, 7) is -0.227. The normalized spacial score (nSPS) is 18.5. The average molecular weight is 381 g/mol. The van der Waals surface area contributed by atoms with Crippen molar-refractivity contribution in [2.45, 2.75) is 12.1 Å². The Morgan fingerprint density at radius 1 is 1.11 bits per heavy atom. The van der Waals surface area contributed by atoms with Crippen LogP contribution in [0.2, 0.25) is 0 Å². The predicted molar refractivity (Wildman–Crippen MR) is 96.2 cm³/mol. The maximum Gasteiger partial charge on any atom is 0.323 e. The van der Waals surface area contributed by atoms with Gasteiger partial charge in [-0.25, -0.2) is 13.6 Å². The third-order valence-corrected chi connectivity index (χ3v) is 4.42. The van der Waals surface area contributed by atoms with Gasteiger partial charge in [0.2, 0.25) is 5.54 Å². The summed E-state index contributed by atoms with van der Waals surface area (Å²) >= 11 is 0. The van der Waals surface area contributed by atoms with Crippen LogP contribution in [-0.4, -0.2) is 27.2 Å². The molecule has 0 spiro atoms. The first-order valence-electron chi connectivity index (χ1n) is 8.26. The number of hydrogen-bond acceptors (Lipinski definition) is 3. The smallest absolute Gasteiger partial charge is 0.323 e. The number of imide groups is 1. The molecule has 28 heavy (non-hydrogen) atoms. The largest absolute Gasteiger partial charge is 0.494 e. The molecule has 2 heterocycles. The molecule has 2 aromatic carbocycles. The van der Waals surface area contributed by atoms with Gasteiger partial charge in [0.1, 0.15) is 11.6 Å². The molecule has 1 aromatic heterocycles. The second-order valence-electron chi connectivity index (χ2n) is 6.39. The van der Waals surface area contributed by atoms with Gasteiger partial charge in [-0.3, -0.25) is 10.1 Å². The van der Waals surface area contributed by atoms with E-state index in [2.05, 4.69) is 22.5 Å². The number of rotatable bonds is 2. The zero-order chi connectivity index (χ0) is 19.9. The van der Waals surface area contributed by atoms with Gasteiger partial charge in [0.25, 0.3) is 5.91 Å². The monoisotopic (exact) mass is 381 g/mol. The number of carbonyl (C=O) groups is 2. The summed E-state index contributed by atoms with van der Waals surface area (Å²) in [5.74, 6) is 3.38. The average Bonchev–Trinajstić information content (AvgIpc) is 3.10. The molecule has 1 aliphatic heterocycles. The first kappa shape index (κ1) is 17.5. The number of urea groups is 1.